The van der Waals surface area contributed by atoms with Crippen LogP contribution in [0.1, 0.15) is 40.5 Å². The zero-order chi connectivity index (χ0) is 19.1. The van der Waals surface area contributed by atoms with E-state index >= 15 is 0 Å². The van der Waals surface area contributed by atoms with Gasteiger partial charge < -0.3 is 9.47 Å². The molecule has 3 rings (SSSR count). The molecule has 3 aromatic carbocycles. The highest BCUT2D eigenvalue weighted by Crippen LogP contribution is 2.17. The molecule has 0 N–H and O–H groups in total. The molecule has 0 spiro atoms. The van der Waals surface area contributed by atoms with Crippen molar-refractivity contribution in [2.75, 3.05) is 13.2 Å². The van der Waals surface area contributed by atoms with Gasteiger partial charge in [-0.15, -0.1) is 0 Å². The summed E-state index contributed by atoms with van der Waals surface area (Å²) in [6, 6.07) is 20.0. The lowest BCUT2D eigenvalue weighted by Crippen LogP contribution is -2.14. The van der Waals surface area contributed by atoms with Crippen LogP contribution in [0.5, 0.6) is 5.75 Å². The Bertz CT molecular complexity index is 929. The monoisotopic (exact) mass is 362 g/mol. The van der Waals surface area contributed by atoms with Gasteiger partial charge in [-0.3, -0.25) is 4.79 Å². The van der Waals surface area contributed by atoms with Gasteiger partial charge in [0.2, 0.25) is 0 Å². The molecule has 138 valence electrons. The minimum atomic E-state index is -0.524. The van der Waals surface area contributed by atoms with Crippen LogP contribution in [-0.4, -0.2) is 25.0 Å². The molecule has 0 unspecified atom stereocenters. The van der Waals surface area contributed by atoms with Crippen LogP contribution in [0.25, 0.3) is 10.8 Å². The summed E-state index contributed by atoms with van der Waals surface area (Å²) >= 11 is 0. The van der Waals surface area contributed by atoms with Gasteiger partial charge in [-0.1, -0.05) is 49.7 Å². The molecule has 0 aliphatic carbocycles. The zero-order valence-corrected chi connectivity index (χ0v) is 15.3. The second kappa shape index (κ2) is 8.99. The molecule has 3 aromatic rings. The maximum Gasteiger partial charge on any atom is 0.338 e. The number of benzene rings is 3. The van der Waals surface area contributed by atoms with Crippen molar-refractivity contribution < 1.29 is 19.1 Å². The number of esters is 1. The van der Waals surface area contributed by atoms with Gasteiger partial charge in [0.1, 0.15) is 5.75 Å². The average Bonchev–Trinajstić information content (AvgIpc) is 2.72. The standard InChI is InChI=1S/C23H22O4/c1-2-3-14-26-21-12-10-18(11-13-21)23(25)27-16-22(24)20-9-8-17-6-4-5-7-19(17)15-20/h4-13,15H,2-3,14,16H2,1H3. The van der Waals surface area contributed by atoms with E-state index in [4.69, 9.17) is 9.47 Å². The van der Waals surface area contributed by atoms with E-state index in [1.807, 2.05) is 36.4 Å². The quantitative estimate of drug-likeness (QED) is 0.319. The zero-order valence-electron chi connectivity index (χ0n) is 15.3. The summed E-state index contributed by atoms with van der Waals surface area (Å²) in [5.41, 5.74) is 0.922. The summed E-state index contributed by atoms with van der Waals surface area (Å²) in [5.74, 6) is -0.0369. The molecule has 4 heteroatoms. The molecule has 0 atom stereocenters. The number of carbonyl (C=O) groups excluding carboxylic acids is 2. The minimum absolute atomic E-state index is 0.228. The predicted molar refractivity (Wildman–Crippen MR) is 105 cm³/mol. The van der Waals surface area contributed by atoms with Crippen molar-refractivity contribution in [3.8, 4) is 5.75 Å². The van der Waals surface area contributed by atoms with Gasteiger partial charge in [-0.25, -0.2) is 4.79 Å². The summed E-state index contributed by atoms with van der Waals surface area (Å²) in [6.45, 7) is 2.47. The molecular weight excluding hydrogens is 340 g/mol. The number of hydrogen-bond acceptors (Lipinski definition) is 4. The Morgan fingerprint density at radius 1 is 0.852 bits per heavy atom. The second-order valence-electron chi connectivity index (χ2n) is 6.29. The number of Topliss-reactive ketones (excluding diaryl/α,β-unsaturated/α-hetero) is 1. The second-order valence-corrected chi connectivity index (χ2v) is 6.29. The Labute approximate surface area is 158 Å². The summed E-state index contributed by atoms with van der Waals surface area (Å²) in [6.07, 6.45) is 2.05. The van der Waals surface area contributed by atoms with Crippen LogP contribution in [0.4, 0.5) is 0 Å². The van der Waals surface area contributed by atoms with Gasteiger partial charge in [0.05, 0.1) is 12.2 Å². The molecule has 27 heavy (non-hydrogen) atoms. The first-order valence-corrected chi connectivity index (χ1v) is 9.09. The molecule has 0 saturated carbocycles. The molecular formula is C23H22O4. The van der Waals surface area contributed by atoms with Gasteiger partial charge in [0.25, 0.3) is 0 Å². The Hall–Kier alpha value is -3.14. The van der Waals surface area contributed by atoms with E-state index in [0.29, 0.717) is 23.5 Å². The molecule has 0 amide bonds. The van der Waals surface area contributed by atoms with E-state index in [-0.39, 0.29) is 12.4 Å². The van der Waals surface area contributed by atoms with E-state index in [9.17, 15) is 9.59 Å². The maximum absolute atomic E-state index is 12.3. The first kappa shape index (κ1) is 18.6. The SMILES string of the molecule is CCCCOc1ccc(C(=O)OCC(=O)c2ccc3ccccc3c2)cc1. The van der Waals surface area contributed by atoms with Gasteiger partial charge in [0.15, 0.2) is 12.4 Å². The molecule has 0 aliphatic heterocycles. The maximum atomic E-state index is 12.3. The first-order chi connectivity index (χ1) is 13.2. The Kier molecular flexibility index (Phi) is 6.21. The van der Waals surface area contributed by atoms with E-state index in [1.54, 1.807) is 30.3 Å². The first-order valence-electron chi connectivity index (χ1n) is 9.09. The highest BCUT2D eigenvalue weighted by Gasteiger charge is 2.12. The third kappa shape index (κ3) is 4.94. The van der Waals surface area contributed by atoms with Crippen LogP contribution in [0.2, 0.25) is 0 Å². The smallest absolute Gasteiger partial charge is 0.338 e. The van der Waals surface area contributed by atoms with Crippen LogP contribution in [0.15, 0.2) is 66.7 Å². The van der Waals surface area contributed by atoms with E-state index in [1.165, 1.54) is 0 Å². The number of rotatable bonds is 8. The molecule has 0 heterocycles. The van der Waals surface area contributed by atoms with Crippen molar-refractivity contribution >= 4 is 22.5 Å². The van der Waals surface area contributed by atoms with Crippen molar-refractivity contribution in [1.29, 1.82) is 0 Å². The molecule has 0 aliphatic rings. The van der Waals surface area contributed by atoms with Gasteiger partial charge in [0, 0.05) is 5.56 Å². The molecule has 0 aromatic heterocycles. The topological polar surface area (TPSA) is 52.6 Å². The normalized spacial score (nSPS) is 10.6. The molecule has 0 radical (unpaired) electrons. The molecule has 0 fully saturated rings. The van der Waals surface area contributed by atoms with Crippen LogP contribution in [0, 0.1) is 0 Å². The van der Waals surface area contributed by atoms with Gasteiger partial charge in [-0.2, -0.15) is 0 Å². The van der Waals surface area contributed by atoms with Gasteiger partial charge >= 0.3 is 5.97 Å². The van der Waals surface area contributed by atoms with Crippen molar-refractivity contribution in [1.82, 2.24) is 0 Å². The van der Waals surface area contributed by atoms with Crippen molar-refractivity contribution in [3.05, 3.63) is 77.9 Å². The molecule has 0 bridgehead atoms. The molecule has 4 nitrogen and oxygen atoms in total. The highest BCUT2D eigenvalue weighted by molar-refractivity contribution is 6.02. The average molecular weight is 362 g/mol. The Morgan fingerprint density at radius 3 is 2.30 bits per heavy atom. The lowest BCUT2D eigenvalue weighted by atomic mass is 10.0. The fraction of sp³-hybridized carbons (Fsp3) is 0.217. The fourth-order valence-electron chi connectivity index (χ4n) is 2.68. The summed E-state index contributed by atoms with van der Waals surface area (Å²) in [5, 5.41) is 2.04. The lowest BCUT2D eigenvalue weighted by Gasteiger charge is -2.07. The Morgan fingerprint density at radius 2 is 1.56 bits per heavy atom. The predicted octanol–water partition coefficient (Wildman–Crippen LogP) is 5.06. The van der Waals surface area contributed by atoms with Gasteiger partial charge in [-0.05, 0) is 47.5 Å². The number of ketones is 1. The lowest BCUT2D eigenvalue weighted by molar-refractivity contribution is 0.0475. The van der Waals surface area contributed by atoms with Crippen molar-refractivity contribution in [3.63, 3.8) is 0 Å². The van der Waals surface area contributed by atoms with Crippen LogP contribution in [-0.2, 0) is 4.74 Å². The number of fused-ring (bicyclic) bond motifs is 1. The van der Waals surface area contributed by atoms with E-state index < -0.39 is 5.97 Å². The van der Waals surface area contributed by atoms with Crippen LogP contribution < -0.4 is 4.74 Å². The van der Waals surface area contributed by atoms with Crippen LogP contribution in [0.3, 0.4) is 0 Å². The number of carbonyl (C=O) groups is 2. The summed E-state index contributed by atoms with van der Waals surface area (Å²) < 4.78 is 10.7. The fourth-order valence-corrected chi connectivity index (χ4v) is 2.68. The van der Waals surface area contributed by atoms with E-state index in [0.717, 1.165) is 23.6 Å². The highest BCUT2D eigenvalue weighted by atomic mass is 16.5. The third-order valence-electron chi connectivity index (χ3n) is 4.26. The third-order valence-corrected chi connectivity index (χ3v) is 4.26. The number of ether oxygens (including phenoxy) is 2. The Balaban J connectivity index is 1.56. The van der Waals surface area contributed by atoms with E-state index in [2.05, 4.69) is 6.92 Å². The van der Waals surface area contributed by atoms with Crippen LogP contribution >= 0.6 is 0 Å². The van der Waals surface area contributed by atoms with Crippen molar-refractivity contribution in [2.24, 2.45) is 0 Å². The number of unbranched alkanes of at least 4 members (excludes halogenated alkanes) is 1. The largest absolute Gasteiger partial charge is 0.494 e. The summed E-state index contributed by atoms with van der Waals surface area (Å²) in [4.78, 5) is 24.5. The minimum Gasteiger partial charge on any atom is -0.494 e. The summed E-state index contributed by atoms with van der Waals surface area (Å²) in [7, 11) is 0. The van der Waals surface area contributed by atoms with Crippen molar-refractivity contribution in [2.45, 2.75) is 19.8 Å². The number of hydrogen-bond donors (Lipinski definition) is 0. The molecule has 0 saturated heterocycles.